The lowest BCUT2D eigenvalue weighted by Crippen LogP contribution is -2.00. The number of ether oxygens (including phenoxy) is 1. The van der Waals surface area contributed by atoms with Crippen molar-refractivity contribution in [2.75, 3.05) is 13.7 Å². The Bertz CT molecular complexity index is 213. The molecule has 0 aliphatic heterocycles. The minimum Gasteiger partial charge on any atom is -0.383 e. The van der Waals surface area contributed by atoms with Crippen LogP contribution in [-0.2, 0) is 4.74 Å². The molecule has 1 aromatic carbocycles. The summed E-state index contributed by atoms with van der Waals surface area (Å²) in [5, 5.41) is 0.333. The highest BCUT2D eigenvalue weighted by molar-refractivity contribution is 8.68. The van der Waals surface area contributed by atoms with E-state index < -0.39 is 0 Å². The molecule has 1 unspecified atom stereocenters. The zero-order valence-electron chi connectivity index (χ0n) is 6.93. The molecule has 0 amide bonds. The summed E-state index contributed by atoms with van der Waals surface area (Å²) in [7, 11) is 3.23. The van der Waals surface area contributed by atoms with Crippen LogP contribution in [0.5, 0.6) is 0 Å². The van der Waals surface area contributed by atoms with E-state index in [1.54, 1.807) is 7.11 Å². The summed E-state index contributed by atoms with van der Waals surface area (Å²) >= 11 is 4.20. The van der Waals surface area contributed by atoms with Crippen molar-refractivity contribution in [1.29, 1.82) is 0 Å². The molecule has 1 atom stereocenters. The molecule has 3 heteroatoms. The average Bonchev–Trinajstić information content (AvgIpc) is 2.15. The highest BCUT2D eigenvalue weighted by Gasteiger charge is 2.08. The molecule has 0 fully saturated rings. The minimum atomic E-state index is 0.333. The van der Waals surface area contributed by atoms with Gasteiger partial charge in [-0.3, -0.25) is 0 Å². The number of hydrogen-bond donors (Lipinski definition) is 1. The highest BCUT2D eigenvalue weighted by atomic mass is 33.1. The molecule has 0 aliphatic carbocycles. The first-order valence-electron chi connectivity index (χ1n) is 3.72. The number of rotatable bonds is 4. The van der Waals surface area contributed by atoms with E-state index >= 15 is 0 Å². The van der Waals surface area contributed by atoms with E-state index in [1.807, 2.05) is 18.2 Å². The van der Waals surface area contributed by atoms with Crippen molar-refractivity contribution in [1.82, 2.24) is 0 Å². The quantitative estimate of drug-likeness (QED) is 0.591. The fourth-order valence-electron chi connectivity index (χ4n) is 1.01. The number of benzene rings is 1. The predicted molar refractivity (Wildman–Crippen MR) is 57.6 cm³/mol. The van der Waals surface area contributed by atoms with Crippen molar-refractivity contribution in [3.05, 3.63) is 35.9 Å². The lowest BCUT2D eigenvalue weighted by Gasteiger charge is -2.11. The van der Waals surface area contributed by atoms with Crippen LogP contribution in [0.4, 0.5) is 0 Å². The molecule has 1 nitrogen and oxygen atoms in total. The van der Waals surface area contributed by atoms with E-state index in [4.69, 9.17) is 4.74 Å². The van der Waals surface area contributed by atoms with Gasteiger partial charge in [-0.2, -0.15) is 0 Å². The molecule has 0 spiro atoms. The fourth-order valence-corrected chi connectivity index (χ4v) is 2.03. The summed E-state index contributed by atoms with van der Waals surface area (Å²) in [6.45, 7) is 0.707. The second kappa shape index (κ2) is 5.51. The van der Waals surface area contributed by atoms with E-state index in [0.29, 0.717) is 11.9 Å². The molecule has 66 valence electrons. The molecule has 1 aromatic rings. The third-order valence-electron chi connectivity index (χ3n) is 1.62. The Hall–Kier alpha value is -0.120. The molecule has 0 bridgehead atoms. The van der Waals surface area contributed by atoms with Crippen LogP contribution in [0.2, 0.25) is 0 Å². The lowest BCUT2D eigenvalue weighted by atomic mass is 10.2. The van der Waals surface area contributed by atoms with Crippen LogP contribution in [0.15, 0.2) is 30.3 Å². The van der Waals surface area contributed by atoms with Gasteiger partial charge in [-0.25, -0.2) is 0 Å². The smallest absolute Gasteiger partial charge is 0.0632 e. The monoisotopic (exact) mass is 200 g/mol. The first-order chi connectivity index (χ1) is 5.88. The molecule has 0 saturated heterocycles. The van der Waals surface area contributed by atoms with Crippen LogP contribution in [-0.4, -0.2) is 13.7 Å². The van der Waals surface area contributed by atoms with Gasteiger partial charge < -0.3 is 4.74 Å². The predicted octanol–water partition coefficient (Wildman–Crippen LogP) is 2.95. The van der Waals surface area contributed by atoms with E-state index in [1.165, 1.54) is 16.4 Å². The van der Waals surface area contributed by atoms with Gasteiger partial charge in [0, 0.05) is 7.11 Å². The zero-order valence-corrected chi connectivity index (χ0v) is 8.65. The van der Waals surface area contributed by atoms with Gasteiger partial charge in [-0.15, -0.1) is 11.7 Å². The maximum Gasteiger partial charge on any atom is 0.0632 e. The normalized spacial score (nSPS) is 12.8. The zero-order chi connectivity index (χ0) is 8.81. The Labute approximate surface area is 82.3 Å². The van der Waals surface area contributed by atoms with Gasteiger partial charge in [0.2, 0.25) is 0 Å². The molecule has 0 saturated carbocycles. The van der Waals surface area contributed by atoms with Crippen LogP contribution in [0.25, 0.3) is 0 Å². The number of hydrogen-bond acceptors (Lipinski definition) is 3. The second-order valence-electron chi connectivity index (χ2n) is 2.46. The summed E-state index contributed by atoms with van der Waals surface area (Å²) < 4.78 is 5.08. The first-order valence-corrected chi connectivity index (χ1v) is 5.65. The van der Waals surface area contributed by atoms with Crippen molar-refractivity contribution in [3.8, 4) is 0 Å². The van der Waals surface area contributed by atoms with Crippen LogP contribution in [0.3, 0.4) is 0 Å². The van der Waals surface area contributed by atoms with Crippen molar-refractivity contribution in [2.24, 2.45) is 0 Å². The van der Waals surface area contributed by atoms with Gasteiger partial charge in [0.25, 0.3) is 0 Å². The van der Waals surface area contributed by atoms with E-state index in [-0.39, 0.29) is 0 Å². The molecule has 0 N–H and O–H groups in total. The summed E-state index contributed by atoms with van der Waals surface area (Å²) in [5.41, 5.74) is 1.26. The summed E-state index contributed by atoms with van der Waals surface area (Å²) in [4.78, 5) is 0. The van der Waals surface area contributed by atoms with Crippen molar-refractivity contribution >= 4 is 22.5 Å². The van der Waals surface area contributed by atoms with Crippen molar-refractivity contribution in [2.45, 2.75) is 5.25 Å². The highest BCUT2D eigenvalue weighted by Crippen LogP contribution is 2.31. The van der Waals surface area contributed by atoms with Gasteiger partial charge in [-0.1, -0.05) is 41.1 Å². The third kappa shape index (κ3) is 2.73. The molecular weight excluding hydrogens is 188 g/mol. The average molecular weight is 200 g/mol. The van der Waals surface area contributed by atoms with Crippen LogP contribution in [0.1, 0.15) is 10.8 Å². The maximum atomic E-state index is 5.08. The molecule has 0 heterocycles. The molecule has 0 aliphatic rings. The molecule has 1 rings (SSSR count). The Balaban J connectivity index is 2.66. The Morgan fingerprint density at radius 2 is 2.08 bits per heavy atom. The van der Waals surface area contributed by atoms with Gasteiger partial charge in [-0.05, 0) is 5.56 Å². The summed E-state index contributed by atoms with van der Waals surface area (Å²) in [6, 6.07) is 10.3. The fraction of sp³-hybridized carbons (Fsp3) is 0.333. The number of methoxy groups -OCH3 is 1. The standard InChI is InChI=1S/C9H12OS2/c1-10-7-9(12-11)8-5-3-2-4-6-8/h2-6,9,11H,7H2,1H3. The largest absolute Gasteiger partial charge is 0.383 e. The minimum absolute atomic E-state index is 0.333. The summed E-state index contributed by atoms with van der Waals surface area (Å²) in [6.07, 6.45) is 0. The van der Waals surface area contributed by atoms with E-state index in [0.717, 1.165) is 0 Å². The SMILES string of the molecule is COCC(SS)c1ccccc1. The topological polar surface area (TPSA) is 9.23 Å². The second-order valence-corrected chi connectivity index (χ2v) is 3.87. The van der Waals surface area contributed by atoms with Crippen molar-refractivity contribution in [3.63, 3.8) is 0 Å². The maximum absolute atomic E-state index is 5.08. The van der Waals surface area contributed by atoms with E-state index in [9.17, 15) is 0 Å². The lowest BCUT2D eigenvalue weighted by molar-refractivity contribution is 0.200. The van der Waals surface area contributed by atoms with Crippen LogP contribution in [0, 0.1) is 0 Å². The van der Waals surface area contributed by atoms with Crippen LogP contribution < -0.4 is 0 Å². The molecular formula is C9H12OS2. The molecule has 0 radical (unpaired) electrons. The first kappa shape index (κ1) is 9.96. The molecule has 12 heavy (non-hydrogen) atoms. The van der Waals surface area contributed by atoms with E-state index in [2.05, 4.69) is 23.8 Å². The van der Waals surface area contributed by atoms with Gasteiger partial charge in [0.15, 0.2) is 0 Å². The van der Waals surface area contributed by atoms with Crippen LogP contribution >= 0.6 is 22.5 Å². The van der Waals surface area contributed by atoms with Gasteiger partial charge >= 0.3 is 0 Å². The Morgan fingerprint density at radius 3 is 2.58 bits per heavy atom. The Kier molecular flexibility index (Phi) is 4.58. The Morgan fingerprint density at radius 1 is 1.42 bits per heavy atom. The third-order valence-corrected chi connectivity index (χ3v) is 3.04. The van der Waals surface area contributed by atoms with Crippen molar-refractivity contribution < 1.29 is 4.74 Å². The van der Waals surface area contributed by atoms with Gasteiger partial charge in [0.1, 0.15) is 0 Å². The molecule has 0 aromatic heterocycles. The number of thiol groups is 1. The summed E-state index contributed by atoms with van der Waals surface area (Å²) in [5.74, 6) is 0. The van der Waals surface area contributed by atoms with Gasteiger partial charge in [0.05, 0.1) is 11.9 Å².